The van der Waals surface area contributed by atoms with Crippen LogP contribution in [0, 0.1) is 0 Å². The van der Waals surface area contributed by atoms with Gasteiger partial charge < -0.3 is 33.6 Å². The van der Waals surface area contributed by atoms with Crippen molar-refractivity contribution in [3.63, 3.8) is 0 Å². The number of allylic oxidation sites excluding steroid dienone is 5. The zero-order valence-electron chi connectivity index (χ0n) is 52.8. The van der Waals surface area contributed by atoms with Gasteiger partial charge in [-0.2, -0.15) is 0 Å². The molecule has 0 unspecified atom stereocenters. The van der Waals surface area contributed by atoms with Crippen molar-refractivity contribution in [1.82, 2.24) is 14.7 Å². The van der Waals surface area contributed by atoms with Crippen molar-refractivity contribution < 1.29 is 38.1 Å². The molecule has 0 aromatic rings. The Kier molecular flexibility index (Phi) is 61.4. The first kappa shape index (κ1) is 80.1. The molecule has 0 aliphatic rings. The highest BCUT2D eigenvalue weighted by molar-refractivity contribution is 8.77. The number of hydrogen-bond donors (Lipinski definition) is 0. The van der Waals surface area contributed by atoms with Gasteiger partial charge in [-0.3, -0.25) is 19.2 Å². The molecule has 0 aliphatic heterocycles. The Labute approximate surface area is 521 Å². The summed E-state index contributed by atoms with van der Waals surface area (Å²) in [5.74, 6) is 4.92. The van der Waals surface area contributed by atoms with Gasteiger partial charge in [-0.15, -0.1) is 0 Å². The lowest BCUT2D eigenvalue weighted by Gasteiger charge is -2.25. The minimum Gasteiger partial charge on any atom is -0.465 e. The fourth-order valence-electron chi connectivity index (χ4n) is 8.56. The monoisotopic (exact) mass is 1250 g/mol. The lowest BCUT2D eigenvalue weighted by molar-refractivity contribution is -0.145. The number of rotatable bonds is 61. The second-order valence-corrected chi connectivity index (χ2v) is 29.8. The summed E-state index contributed by atoms with van der Waals surface area (Å²) < 4.78 is 22.5. The number of hydrogen-bond acceptors (Lipinski definition) is 17. The van der Waals surface area contributed by atoms with Crippen LogP contribution in [0.1, 0.15) is 228 Å². The van der Waals surface area contributed by atoms with Crippen LogP contribution in [-0.4, -0.2) is 159 Å². The second-order valence-electron chi connectivity index (χ2n) is 21.7. The summed E-state index contributed by atoms with van der Waals surface area (Å²) in [5.41, 5.74) is 3.98. The van der Waals surface area contributed by atoms with E-state index in [1.54, 1.807) is 32.4 Å². The van der Waals surface area contributed by atoms with Gasteiger partial charge in [0.2, 0.25) is 0 Å². The molecule has 474 valence electrons. The van der Waals surface area contributed by atoms with Gasteiger partial charge in [0.15, 0.2) is 0 Å². The Bertz CT molecular complexity index is 1550. The lowest BCUT2D eigenvalue weighted by atomic mass is 10.1. The van der Waals surface area contributed by atoms with Crippen LogP contribution in [0.3, 0.4) is 0 Å². The van der Waals surface area contributed by atoms with E-state index in [9.17, 15) is 19.2 Å². The van der Waals surface area contributed by atoms with Crippen molar-refractivity contribution in [2.24, 2.45) is 0 Å². The molecule has 0 N–H and O–H groups in total. The van der Waals surface area contributed by atoms with Crippen molar-refractivity contribution >= 4 is 88.6 Å². The number of nitrogens with zero attached hydrogens (tertiary/aromatic N) is 3. The average Bonchev–Trinajstić information content (AvgIpc) is 3.44. The van der Waals surface area contributed by atoms with E-state index >= 15 is 0 Å². The van der Waals surface area contributed by atoms with Gasteiger partial charge in [-0.05, 0) is 125 Å². The molecule has 17 heteroatoms. The molecular formula is C64H119N3O8S6. The van der Waals surface area contributed by atoms with E-state index in [0.717, 1.165) is 99.2 Å². The Morgan fingerprint density at radius 1 is 0.346 bits per heavy atom. The van der Waals surface area contributed by atoms with Crippen molar-refractivity contribution in [2.75, 3.05) is 120 Å². The molecule has 0 bridgehead atoms. The number of ether oxygens (including phenoxy) is 4. The molecule has 0 amide bonds. The topological polar surface area (TPSA) is 115 Å². The highest BCUT2D eigenvalue weighted by Crippen LogP contribution is 2.25. The predicted octanol–water partition coefficient (Wildman–Crippen LogP) is 17.7. The molecule has 0 aromatic carbocycles. The SMILES string of the molecule is CCCCCCCCSSCCOC(=O)CCN(CCCN(C)CCCN(CCC(=O)OCCSSCCCCCCCC)CCC(=O)OCCSSCCCCCCCC)CCC(=O)OC/C=C(\C)CC/C=C(\C)CCC=C(C)C. The maximum atomic E-state index is 13.0. The Balaban J connectivity index is 5.23. The van der Waals surface area contributed by atoms with Crippen molar-refractivity contribution in [1.29, 1.82) is 0 Å². The van der Waals surface area contributed by atoms with E-state index in [1.165, 1.54) is 132 Å². The van der Waals surface area contributed by atoms with Crippen molar-refractivity contribution in [3.8, 4) is 0 Å². The first-order valence-corrected chi connectivity index (χ1v) is 39.3. The van der Waals surface area contributed by atoms with E-state index in [1.807, 2.05) is 38.5 Å². The predicted molar refractivity (Wildman–Crippen MR) is 362 cm³/mol. The number of carbonyl (C=O) groups excluding carboxylic acids is 4. The Morgan fingerprint density at radius 2 is 0.667 bits per heavy atom. The van der Waals surface area contributed by atoms with Gasteiger partial charge in [0, 0.05) is 60.7 Å². The van der Waals surface area contributed by atoms with Gasteiger partial charge in [0.05, 0.1) is 25.7 Å². The van der Waals surface area contributed by atoms with Crippen LogP contribution in [-0.2, 0) is 38.1 Å². The number of carbonyl (C=O) groups is 4. The number of unbranched alkanes of at least 4 members (excludes halogenated alkanes) is 15. The molecular weight excluding hydrogens is 1130 g/mol. The summed E-state index contributed by atoms with van der Waals surface area (Å²) in [6.45, 7) is 22.1. The third-order valence-electron chi connectivity index (χ3n) is 13.6. The quantitative estimate of drug-likeness (QED) is 0.0189. The Hall–Kier alpha value is -0.920. The van der Waals surface area contributed by atoms with Crippen LogP contribution in [0.2, 0.25) is 0 Å². The first-order valence-electron chi connectivity index (χ1n) is 31.8. The molecule has 0 aromatic heterocycles. The summed E-state index contributed by atoms with van der Waals surface area (Å²) in [6, 6.07) is 0. The van der Waals surface area contributed by atoms with E-state index in [2.05, 4.69) is 82.4 Å². The molecule has 0 atom stereocenters. The van der Waals surface area contributed by atoms with Crippen LogP contribution in [0.15, 0.2) is 34.9 Å². The molecule has 0 heterocycles. The molecule has 0 spiro atoms. The van der Waals surface area contributed by atoms with E-state index < -0.39 is 0 Å². The maximum Gasteiger partial charge on any atom is 0.307 e. The maximum absolute atomic E-state index is 13.0. The third kappa shape index (κ3) is 60.6. The zero-order valence-corrected chi connectivity index (χ0v) is 57.7. The van der Waals surface area contributed by atoms with E-state index in [0.29, 0.717) is 46.0 Å². The second kappa shape index (κ2) is 62.1. The summed E-state index contributed by atoms with van der Waals surface area (Å²) in [7, 11) is 13.1. The first-order chi connectivity index (χ1) is 39.4. The summed E-state index contributed by atoms with van der Waals surface area (Å²) in [4.78, 5) is 58.3. The molecule has 0 rings (SSSR count). The summed E-state index contributed by atoms with van der Waals surface area (Å²) in [5, 5.41) is 0. The lowest BCUT2D eigenvalue weighted by Crippen LogP contribution is -2.34. The highest BCUT2D eigenvalue weighted by atomic mass is 33.1. The van der Waals surface area contributed by atoms with Crippen molar-refractivity contribution in [3.05, 3.63) is 34.9 Å². The van der Waals surface area contributed by atoms with Crippen LogP contribution >= 0.6 is 64.8 Å². The molecule has 0 aliphatic carbocycles. The molecule has 0 saturated carbocycles. The van der Waals surface area contributed by atoms with Crippen LogP contribution < -0.4 is 0 Å². The molecule has 0 radical (unpaired) electrons. The molecule has 0 fully saturated rings. The normalized spacial score (nSPS) is 12.0. The van der Waals surface area contributed by atoms with Gasteiger partial charge in [-0.25, -0.2) is 0 Å². The van der Waals surface area contributed by atoms with Gasteiger partial charge in [-0.1, -0.05) is 211 Å². The minimum absolute atomic E-state index is 0.197. The largest absolute Gasteiger partial charge is 0.465 e. The zero-order chi connectivity index (χ0) is 59.5. The number of esters is 4. The fourth-order valence-corrected chi connectivity index (χ4v) is 14.5. The van der Waals surface area contributed by atoms with Crippen LogP contribution in [0.4, 0.5) is 0 Å². The minimum atomic E-state index is -0.236. The third-order valence-corrected chi connectivity index (χ3v) is 21.0. The molecule has 0 saturated heterocycles. The van der Waals surface area contributed by atoms with E-state index in [4.69, 9.17) is 18.9 Å². The molecule has 11 nitrogen and oxygen atoms in total. The molecule has 81 heavy (non-hydrogen) atoms. The standard InChI is InChI=1S/C64H119N3O8S6/c1-9-12-15-18-21-24-52-76-79-55-49-73-62(69)36-45-66(44-35-61(68)72-48-39-60(7)34-28-33-59(6)32-27-31-58(4)5)42-29-40-65(8)41-30-43-67(46-37-63(70)74-50-56-80-77-53-25-22-19-16-13-10-2)47-38-64(71)75-51-57-81-78-54-26-23-20-17-14-11-3/h31,33,39H,9-30,32,34-38,40-57H2,1-8H3/b59-33+,60-39+. The smallest absolute Gasteiger partial charge is 0.307 e. The average molecular weight is 1250 g/mol. The van der Waals surface area contributed by atoms with Crippen LogP contribution in [0.5, 0.6) is 0 Å². The Morgan fingerprint density at radius 3 is 1.04 bits per heavy atom. The van der Waals surface area contributed by atoms with Crippen molar-refractivity contribution in [2.45, 2.75) is 228 Å². The van der Waals surface area contributed by atoms with Gasteiger partial charge in [0.1, 0.15) is 26.4 Å². The van der Waals surface area contributed by atoms with Gasteiger partial charge in [0.25, 0.3) is 0 Å². The summed E-state index contributed by atoms with van der Waals surface area (Å²) >= 11 is 0. The fraction of sp³-hybridized carbons (Fsp3) is 0.844. The van der Waals surface area contributed by atoms with Crippen LogP contribution in [0.25, 0.3) is 0 Å². The van der Waals surface area contributed by atoms with Gasteiger partial charge >= 0.3 is 23.9 Å². The van der Waals surface area contributed by atoms with E-state index in [-0.39, 0.29) is 56.2 Å². The highest BCUT2D eigenvalue weighted by Gasteiger charge is 2.16. The summed E-state index contributed by atoms with van der Waals surface area (Å²) in [6.07, 6.45) is 36.9.